The van der Waals surface area contributed by atoms with Gasteiger partial charge in [-0.2, -0.15) is 0 Å². The van der Waals surface area contributed by atoms with Crippen LogP contribution in [0.3, 0.4) is 0 Å². The summed E-state index contributed by atoms with van der Waals surface area (Å²) < 4.78 is 25.5. The Morgan fingerprint density at radius 2 is 1.94 bits per heavy atom. The molecule has 96 valence electrons. The second-order valence-electron chi connectivity index (χ2n) is 4.11. The first-order chi connectivity index (χ1) is 8.45. The van der Waals surface area contributed by atoms with Gasteiger partial charge in [0.2, 0.25) is 9.84 Å². The van der Waals surface area contributed by atoms with Crippen molar-refractivity contribution in [1.82, 2.24) is 14.8 Å². The second kappa shape index (κ2) is 4.53. The van der Waals surface area contributed by atoms with Crippen LogP contribution >= 0.6 is 0 Å². The topological polar surface area (TPSA) is 64.8 Å². The molecule has 0 unspecified atom stereocenters. The van der Waals surface area contributed by atoms with Crippen LogP contribution in [0.2, 0.25) is 0 Å². The first kappa shape index (κ1) is 12.8. The first-order valence-electron chi connectivity index (χ1n) is 5.67. The van der Waals surface area contributed by atoms with Crippen molar-refractivity contribution in [3.05, 3.63) is 35.7 Å². The fraction of sp³-hybridized carbons (Fsp3) is 0.333. The van der Waals surface area contributed by atoms with E-state index in [1.54, 1.807) is 18.4 Å². The van der Waals surface area contributed by atoms with E-state index in [0.717, 1.165) is 11.3 Å². The third-order valence-electron chi connectivity index (χ3n) is 2.71. The highest BCUT2D eigenvalue weighted by atomic mass is 32.2. The first-order valence-corrected chi connectivity index (χ1v) is 7.32. The molecule has 0 fully saturated rings. The molecule has 0 saturated carbocycles. The largest absolute Gasteiger partial charge is 0.270 e. The van der Waals surface area contributed by atoms with Crippen LogP contribution in [0.25, 0.3) is 5.69 Å². The van der Waals surface area contributed by atoms with Crippen LogP contribution in [0.15, 0.2) is 29.4 Å². The number of nitrogens with zero attached hydrogens (tertiary/aromatic N) is 3. The average Bonchev–Trinajstić information content (AvgIpc) is 2.72. The number of hydrogen-bond donors (Lipinski definition) is 0. The van der Waals surface area contributed by atoms with E-state index >= 15 is 0 Å². The van der Waals surface area contributed by atoms with Gasteiger partial charge < -0.3 is 0 Å². The molecule has 18 heavy (non-hydrogen) atoms. The van der Waals surface area contributed by atoms with E-state index < -0.39 is 9.84 Å². The molecule has 6 heteroatoms. The molecule has 1 aromatic carbocycles. The van der Waals surface area contributed by atoms with E-state index in [1.165, 1.54) is 0 Å². The van der Waals surface area contributed by atoms with E-state index in [0.29, 0.717) is 5.82 Å². The van der Waals surface area contributed by atoms with Crippen LogP contribution in [0, 0.1) is 13.8 Å². The van der Waals surface area contributed by atoms with Gasteiger partial charge in [0.05, 0.1) is 5.75 Å². The highest BCUT2D eigenvalue weighted by molar-refractivity contribution is 7.91. The lowest BCUT2D eigenvalue weighted by Gasteiger charge is -2.08. The maximum Gasteiger partial charge on any atom is 0.254 e. The van der Waals surface area contributed by atoms with Crippen LogP contribution in [0.5, 0.6) is 0 Å². The van der Waals surface area contributed by atoms with Gasteiger partial charge in [0.15, 0.2) is 0 Å². The summed E-state index contributed by atoms with van der Waals surface area (Å²) in [5.74, 6) is 0.573. The highest BCUT2D eigenvalue weighted by Crippen LogP contribution is 2.18. The third kappa shape index (κ3) is 2.15. The summed E-state index contributed by atoms with van der Waals surface area (Å²) >= 11 is 0. The lowest BCUT2D eigenvalue weighted by atomic mass is 10.2. The number of aromatic nitrogens is 3. The summed E-state index contributed by atoms with van der Waals surface area (Å²) in [6, 6.07) is 7.59. The molecule has 2 aromatic rings. The Kier molecular flexibility index (Phi) is 3.21. The third-order valence-corrected chi connectivity index (χ3v) is 4.29. The van der Waals surface area contributed by atoms with Crippen molar-refractivity contribution in [3.63, 3.8) is 0 Å². The van der Waals surface area contributed by atoms with Crippen molar-refractivity contribution >= 4 is 9.84 Å². The molecule has 0 saturated heterocycles. The van der Waals surface area contributed by atoms with Crippen LogP contribution in [0.1, 0.15) is 18.3 Å². The minimum atomic E-state index is -3.38. The molecule has 0 aliphatic heterocycles. The number of sulfone groups is 1. The van der Waals surface area contributed by atoms with E-state index in [1.807, 2.05) is 31.2 Å². The number of aryl methyl sites for hydroxylation is 2. The van der Waals surface area contributed by atoms with Crippen LogP contribution < -0.4 is 0 Å². The molecule has 1 heterocycles. The minimum absolute atomic E-state index is 0.00750. The van der Waals surface area contributed by atoms with Crippen molar-refractivity contribution in [2.75, 3.05) is 5.75 Å². The van der Waals surface area contributed by atoms with Gasteiger partial charge in [-0.25, -0.2) is 8.42 Å². The maximum absolute atomic E-state index is 12.0. The van der Waals surface area contributed by atoms with Gasteiger partial charge in [0.25, 0.3) is 5.16 Å². The lowest BCUT2D eigenvalue weighted by molar-refractivity contribution is 0.584. The van der Waals surface area contributed by atoms with Gasteiger partial charge in [-0.15, -0.1) is 10.2 Å². The van der Waals surface area contributed by atoms with Crippen LogP contribution in [0.4, 0.5) is 0 Å². The lowest BCUT2D eigenvalue weighted by Crippen LogP contribution is -2.12. The highest BCUT2D eigenvalue weighted by Gasteiger charge is 2.22. The van der Waals surface area contributed by atoms with Gasteiger partial charge in [0.1, 0.15) is 5.82 Å². The molecule has 0 radical (unpaired) electrons. The number of benzene rings is 1. The zero-order valence-corrected chi connectivity index (χ0v) is 11.4. The second-order valence-corrected chi connectivity index (χ2v) is 6.28. The average molecular weight is 265 g/mol. The van der Waals surface area contributed by atoms with Gasteiger partial charge in [-0.3, -0.25) is 4.57 Å². The van der Waals surface area contributed by atoms with E-state index in [9.17, 15) is 8.42 Å². The Labute approximate surface area is 106 Å². The summed E-state index contributed by atoms with van der Waals surface area (Å²) in [5.41, 5.74) is 1.82. The Bertz CT molecular complexity index is 674. The number of hydrogen-bond acceptors (Lipinski definition) is 4. The molecule has 0 amide bonds. The Morgan fingerprint density at radius 3 is 2.56 bits per heavy atom. The van der Waals surface area contributed by atoms with Crippen molar-refractivity contribution < 1.29 is 8.42 Å². The molecular weight excluding hydrogens is 250 g/mol. The molecule has 0 spiro atoms. The maximum atomic E-state index is 12.0. The van der Waals surface area contributed by atoms with Crippen molar-refractivity contribution in [3.8, 4) is 5.69 Å². The van der Waals surface area contributed by atoms with E-state index in [-0.39, 0.29) is 10.9 Å². The normalized spacial score (nSPS) is 11.7. The van der Waals surface area contributed by atoms with Gasteiger partial charge >= 0.3 is 0 Å². The predicted molar refractivity (Wildman–Crippen MR) is 68.6 cm³/mol. The van der Waals surface area contributed by atoms with Gasteiger partial charge in [-0.05, 0) is 31.5 Å². The Morgan fingerprint density at radius 1 is 1.22 bits per heavy atom. The van der Waals surface area contributed by atoms with Crippen LogP contribution in [-0.4, -0.2) is 28.9 Å². The molecule has 1 aromatic heterocycles. The quantitative estimate of drug-likeness (QED) is 0.847. The summed E-state index contributed by atoms with van der Waals surface area (Å²) in [6.07, 6.45) is 0. The summed E-state index contributed by atoms with van der Waals surface area (Å²) in [7, 11) is -3.38. The van der Waals surface area contributed by atoms with Gasteiger partial charge in [-0.1, -0.05) is 19.1 Å². The molecule has 0 N–H and O–H groups in total. The summed E-state index contributed by atoms with van der Waals surface area (Å²) in [6.45, 7) is 5.29. The Balaban J connectivity index is 2.69. The molecule has 0 atom stereocenters. The van der Waals surface area contributed by atoms with Gasteiger partial charge in [0, 0.05) is 5.69 Å². The monoisotopic (exact) mass is 265 g/mol. The van der Waals surface area contributed by atoms with Crippen molar-refractivity contribution in [1.29, 1.82) is 0 Å². The van der Waals surface area contributed by atoms with E-state index in [2.05, 4.69) is 10.2 Å². The molecule has 2 rings (SSSR count). The minimum Gasteiger partial charge on any atom is -0.270 e. The van der Waals surface area contributed by atoms with E-state index in [4.69, 9.17) is 0 Å². The summed E-state index contributed by atoms with van der Waals surface area (Å²) in [5, 5.41) is 7.67. The molecule has 0 aliphatic rings. The fourth-order valence-electron chi connectivity index (χ4n) is 1.74. The van der Waals surface area contributed by atoms with Crippen molar-refractivity contribution in [2.24, 2.45) is 0 Å². The molecule has 5 nitrogen and oxygen atoms in total. The Hall–Kier alpha value is -1.69. The van der Waals surface area contributed by atoms with Crippen LogP contribution in [-0.2, 0) is 9.84 Å². The SMILES string of the molecule is CCS(=O)(=O)c1nnc(C)n1-c1cccc(C)c1. The molecular formula is C12H15N3O2S. The smallest absolute Gasteiger partial charge is 0.254 e. The number of rotatable bonds is 3. The van der Waals surface area contributed by atoms with Crippen molar-refractivity contribution in [2.45, 2.75) is 25.9 Å². The fourth-order valence-corrected chi connectivity index (χ4v) is 2.68. The summed E-state index contributed by atoms with van der Waals surface area (Å²) in [4.78, 5) is 0. The standard InChI is InChI=1S/C12H15N3O2S/c1-4-18(16,17)12-14-13-10(3)15(12)11-7-5-6-9(2)8-11/h5-8H,4H2,1-3H3. The zero-order chi connectivity index (χ0) is 13.3. The zero-order valence-electron chi connectivity index (χ0n) is 10.6. The molecule has 0 bridgehead atoms. The molecule has 0 aliphatic carbocycles. The predicted octanol–water partition coefficient (Wildman–Crippen LogP) is 1.68.